The molecular formula is C32H26S2. The molecule has 0 unspecified atom stereocenters. The van der Waals surface area contributed by atoms with Crippen LogP contribution < -0.4 is 0 Å². The van der Waals surface area contributed by atoms with Crippen LogP contribution in [0.3, 0.4) is 0 Å². The van der Waals surface area contributed by atoms with E-state index >= 15 is 0 Å². The number of rotatable bonds is 6. The first-order valence-electron chi connectivity index (χ1n) is 11.4. The quantitative estimate of drug-likeness (QED) is 0.230. The van der Waals surface area contributed by atoms with Crippen molar-refractivity contribution >= 4 is 47.0 Å². The standard InChI is InChI=1S/C32H26S2/c1-23-3-7-25(8-4-23)11-17-29-19-21-31(33-29)27-13-15-28(16-14-27)32-22-20-30(34-32)18-12-26-9-5-24(2)6-10-26/h3-22H,1-2H3/b17-11+,18-12+. The second-order valence-electron chi connectivity index (χ2n) is 8.47. The zero-order chi connectivity index (χ0) is 23.3. The second-order valence-corrected chi connectivity index (χ2v) is 10.7. The third-order valence-corrected chi connectivity index (χ3v) is 7.94. The molecule has 0 fully saturated rings. The lowest BCUT2D eigenvalue weighted by Gasteiger charge is -2.00. The lowest BCUT2D eigenvalue weighted by atomic mass is 10.1. The molecule has 34 heavy (non-hydrogen) atoms. The van der Waals surface area contributed by atoms with Crippen LogP contribution in [0.15, 0.2) is 97.1 Å². The van der Waals surface area contributed by atoms with Crippen LogP contribution >= 0.6 is 22.7 Å². The molecule has 5 rings (SSSR count). The zero-order valence-electron chi connectivity index (χ0n) is 19.4. The maximum atomic E-state index is 2.23. The van der Waals surface area contributed by atoms with E-state index in [0.717, 1.165) is 0 Å². The van der Waals surface area contributed by atoms with E-state index in [9.17, 15) is 0 Å². The van der Waals surface area contributed by atoms with Crippen LogP contribution in [0.25, 0.3) is 45.2 Å². The summed E-state index contributed by atoms with van der Waals surface area (Å²) in [6.45, 7) is 4.23. The fourth-order valence-corrected chi connectivity index (χ4v) is 5.54. The van der Waals surface area contributed by atoms with Crippen molar-refractivity contribution in [3.05, 3.63) is 129 Å². The minimum absolute atomic E-state index is 1.23. The van der Waals surface area contributed by atoms with E-state index in [2.05, 4.69) is 135 Å². The van der Waals surface area contributed by atoms with Gasteiger partial charge in [-0.2, -0.15) is 0 Å². The largest absolute Gasteiger partial charge is 0.136 e. The summed E-state index contributed by atoms with van der Waals surface area (Å²) in [5.74, 6) is 0. The van der Waals surface area contributed by atoms with Gasteiger partial charge in [0.2, 0.25) is 0 Å². The molecule has 0 aliphatic rings. The Bertz CT molecular complexity index is 1310. The first-order chi connectivity index (χ1) is 16.6. The second kappa shape index (κ2) is 10.2. The van der Waals surface area contributed by atoms with Crippen LogP contribution in [0.2, 0.25) is 0 Å². The highest BCUT2D eigenvalue weighted by atomic mass is 32.1. The van der Waals surface area contributed by atoms with E-state index in [1.807, 2.05) is 22.7 Å². The summed E-state index contributed by atoms with van der Waals surface area (Å²) in [7, 11) is 0. The number of benzene rings is 3. The van der Waals surface area contributed by atoms with Crippen molar-refractivity contribution < 1.29 is 0 Å². The van der Waals surface area contributed by atoms with E-state index < -0.39 is 0 Å². The molecular weight excluding hydrogens is 448 g/mol. The Morgan fingerprint density at radius 1 is 0.412 bits per heavy atom. The Kier molecular flexibility index (Phi) is 6.71. The van der Waals surface area contributed by atoms with Crippen molar-refractivity contribution in [3.8, 4) is 20.9 Å². The van der Waals surface area contributed by atoms with Gasteiger partial charge in [0, 0.05) is 19.5 Å². The van der Waals surface area contributed by atoms with Crippen molar-refractivity contribution in [1.29, 1.82) is 0 Å². The van der Waals surface area contributed by atoms with E-state index in [-0.39, 0.29) is 0 Å². The van der Waals surface area contributed by atoms with Gasteiger partial charge in [0.25, 0.3) is 0 Å². The first kappa shape index (κ1) is 22.3. The van der Waals surface area contributed by atoms with E-state index in [1.165, 1.54) is 52.9 Å². The van der Waals surface area contributed by atoms with E-state index in [4.69, 9.17) is 0 Å². The summed E-state index contributed by atoms with van der Waals surface area (Å²) in [6, 6.07) is 35.0. The molecule has 3 aromatic carbocycles. The Labute approximate surface area is 210 Å². The summed E-state index contributed by atoms with van der Waals surface area (Å²) < 4.78 is 0. The summed E-state index contributed by atoms with van der Waals surface area (Å²) in [6.07, 6.45) is 8.76. The fourth-order valence-electron chi connectivity index (χ4n) is 3.71. The third-order valence-electron chi connectivity index (χ3n) is 5.74. The van der Waals surface area contributed by atoms with Gasteiger partial charge in [-0.15, -0.1) is 22.7 Å². The third kappa shape index (κ3) is 5.53. The van der Waals surface area contributed by atoms with Crippen LogP contribution in [-0.2, 0) is 0 Å². The van der Waals surface area contributed by atoms with Crippen LogP contribution in [-0.4, -0.2) is 0 Å². The average molecular weight is 475 g/mol. The molecule has 5 aromatic rings. The van der Waals surface area contributed by atoms with E-state index in [1.54, 1.807) is 0 Å². The molecule has 0 N–H and O–H groups in total. The Hall–Kier alpha value is -3.46. The molecule has 2 aromatic heterocycles. The summed E-state index contributed by atoms with van der Waals surface area (Å²) in [4.78, 5) is 5.12. The molecule has 2 heteroatoms. The molecule has 0 aliphatic carbocycles. The maximum Gasteiger partial charge on any atom is 0.0349 e. The molecule has 0 nitrogen and oxygen atoms in total. The normalized spacial score (nSPS) is 11.6. The van der Waals surface area contributed by atoms with Gasteiger partial charge in [0.05, 0.1) is 0 Å². The molecule has 0 spiro atoms. The number of hydrogen-bond acceptors (Lipinski definition) is 2. The first-order valence-corrected chi connectivity index (χ1v) is 13.1. The van der Waals surface area contributed by atoms with Gasteiger partial charge < -0.3 is 0 Å². The van der Waals surface area contributed by atoms with Crippen molar-refractivity contribution in [2.45, 2.75) is 13.8 Å². The predicted molar refractivity (Wildman–Crippen MR) is 153 cm³/mol. The van der Waals surface area contributed by atoms with Crippen molar-refractivity contribution in [2.24, 2.45) is 0 Å². The highest BCUT2D eigenvalue weighted by molar-refractivity contribution is 7.16. The zero-order valence-corrected chi connectivity index (χ0v) is 21.0. The summed E-state index contributed by atoms with van der Waals surface area (Å²) >= 11 is 3.65. The van der Waals surface area contributed by atoms with Gasteiger partial charge in [-0.25, -0.2) is 0 Å². The minimum Gasteiger partial charge on any atom is -0.136 e. The molecule has 0 saturated heterocycles. The Morgan fingerprint density at radius 3 is 1.18 bits per heavy atom. The van der Waals surface area contributed by atoms with Crippen LogP contribution in [0, 0.1) is 13.8 Å². The van der Waals surface area contributed by atoms with Crippen LogP contribution in [0.1, 0.15) is 32.0 Å². The minimum atomic E-state index is 1.23. The SMILES string of the molecule is Cc1ccc(/C=C/c2ccc(-c3ccc(-c4ccc(/C=C/c5ccc(C)cc5)s4)cc3)s2)cc1. The predicted octanol–water partition coefficient (Wildman–Crippen LogP) is 10.1. The number of hydrogen-bond donors (Lipinski definition) is 0. The smallest absolute Gasteiger partial charge is 0.0349 e. The van der Waals surface area contributed by atoms with Gasteiger partial charge in [-0.3, -0.25) is 0 Å². The monoisotopic (exact) mass is 474 g/mol. The van der Waals surface area contributed by atoms with Gasteiger partial charge in [-0.05, 0) is 72.5 Å². The topological polar surface area (TPSA) is 0 Å². The number of aryl methyl sites for hydroxylation is 2. The van der Waals surface area contributed by atoms with Gasteiger partial charge in [0.15, 0.2) is 0 Å². The van der Waals surface area contributed by atoms with Crippen molar-refractivity contribution in [3.63, 3.8) is 0 Å². The van der Waals surface area contributed by atoms with Gasteiger partial charge in [0.1, 0.15) is 0 Å². The Balaban J connectivity index is 1.26. The van der Waals surface area contributed by atoms with Gasteiger partial charge in [-0.1, -0.05) is 96.1 Å². The Morgan fingerprint density at radius 2 is 0.794 bits per heavy atom. The van der Waals surface area contributed by atoms with Crippen molar-refractivity contribution in [1.82, 2.24) is 0 Å². The highest BCUT2D eigenvalue weighted by Crippen LogP contribution is 2.33. The molecule has 2 heterocycles. The molecule has 0 bridgehead atoms. The molecule has 0 saturated carbocycles. The summed E-state index contributed by atoms with van der Waals surface area (Å²) in [5, 5.41) is 0. The average Bonchev–Trinajstić information content (AvgIpc) is 3.54. The van der Waals surface area contributed by atoms with E-state index in [0.29, 0.717) is 0 Å². The molecule has 0 radical (unpaired) electrons. The van der Waals surface area contributed by atoms with Gasteiger partial charge >= 0.3 is 0 Å². The summed E-state index contributed by atoms with van der Waals surface area (Å²) in [5.41, 5.74) is 7.57. The molecule has 0 amide bonds. The maximum absolute atomic E-state index is 2.23. The molecule has 166 valence electrons. The molecule has 0 atom stereocenters. The van der Waals surface area contributed by atoms with Crippen LogP contribution in [0.5, 0.6) is 0 Å². The van der Waals surface area contributed by atoms with Crippen molar-refractivity contribution in [2.75, 3.05) is 0 Å². The molecule has 0 aliphatic heterocycles. The number of thiophene rings is 2. The van der Waals surface area contributed by atoms with Crippen LogP contribution in [0.4, 0.5) is 0 Å². The highest BCUT2D eigenvalue weighted by Gasteiger charge is 2.05. The lowest BCUT2D eigenvalue weighted by Crippen LogP contribution is -1.74. The lowest BCUT2D eigenvalue weighted by molar-refractivity contribution is 1.46. The fraction of sp³-hybridized carbons (Fsp3) is 0.0625.